The predicted octanol–water partition coefficient (Wildman–Crippen LogP) is 5.88. The summed E-state index contributed by atoms with van der Waals surface area (Å²) in [4.78, 5) is 43.2. The van der Waals surface area contributed by atoms with Crippen molar-refractivity contribution in [1.82, 2.24) is 20.5 Å². The van der Waals surface area contributed by atoms with Gasteiger partial charge < -0.3 is 30.3 Å². The first kappa shape index (κ1) is 32.3. The van der Waals surface area contributed by atoms with E-state index in [4.69, 9.17) is 21.7 Å². The number of carbonyl (C=O) groups excluding carboxylic acids is 3. The minimum atomic E-state index is -0.665. The van der Waals surface area contributed by atoms with Gasteiger partial charge in [0, 0.05) is 44.2 Å². The molecule has 0 bridgehead atoms. The summed E-state index contributed by atoms with van der Waals surface area (Å²) in [6.07, 6.45) is 1.18. The van der Waals surface area contributed by atoms with Crippen LogP contribution < -0.4 is 20.7 Å². The fourth-order valence-electron chi connectivity index (χ4n) is 3.86. The second kappa shape index (κ2) is 14.2. The minimum Gasteiger partial charge on any atom is -0.453 e. The summed E-state index contributed by atoms with van der Waals surface area (Å²) in [5.74, 6) is -1.03. The molecule has 2 heterocycles. The molecule has 0 spiro atoms. The van der Waals surface area contributed by atoms with Crippen molar-refractivity contribution in [2.24, 2.45) is 0 Å². The van der Waals surface area contributed by atoms with Crippen LogP contribution in [0, 0.1) is 5.82 Å². The quantitative estimate of drug-likeness (QED) is 0.195. The van der Waals surface area contributed by atoms with Crippen LogP contribution in [0.5, 0.6) is 11.5 Å². The van der Waals surface area contributed by atoms with E-state index in [1.165, 1.54) is 23.2 Å². The van der Waals surface area contributed by atoms with Gasteiger partial charge in [0.2, 0.25) is 5.91 Å². The largest absolute Gasteiger partial charge is 0.453 e. The molecular formula is C31H32FN5O5S2. The number of pyridine rings is 1. The molecule has 3 N–H and O–H groups in total. The number of fused-ring (bicyclic) bond motifs is 1. The molecular weight excluding hydrogens is 606 g/mol. The van der Waals surface area contributed by atoms with Gasteiger partial charge >= 0.3 is 6.09 Å². The minimum absolute atomic E-state index is 0.0377. The first-order valence-electron chi connectivity index (χ1n) is 13.6. The number of nitrogens with one attached hydrogen (secondary N) is 3. The third-order valence-electron chi connectivity index (χ3n) is 5.91. The van der Waals surface area contributed by atoms with Gasteiger partial charge in [-0.1, -0.05) is 30.3 Å². The van der Waals surface area contributed by atoms with E-state index in [1.54, 1.807) is 46.0 Å². The van der Waals surface area contributed by atoms with Crippen LogP contribution in [-0.4, -0.2) is 58.6 Å². The average molecular weight is 638 g/mol. The average Bonchev–Trinajstić information content (AvgIpc) is 3.39. The van der Waals surface area contributed by atoms with Crippen molar-refractivity contribution in [3.63, 3.8) is 0 Å². The van der Waals surface area contributed by atoms with Gasteiger partial charge in [0.25, 0.3) is 5.91 Å². The third kappa shape index (κ3) is 9.19. The van der Waals surface area contributed by atoms with E-state index < -0.39 is 17.5 Å². The molecule has 0 aliphatic heterocycles. The number of thiophene rings is 1. The van der Waals surface area contributed by atoms with Crippen LogP contribution in [0.25, 0.3) is 10.2 Å². The van der Waals surface area contributed by atoms with Gasteiger partial charge in [-0.15, -0.1) is 11.3 Å². The highest BCUT2D eigenvalue weighted by Gasteiger charge is 2.20. The number of thiocarbonyl (C=S) groups is 1. The SMILES string of the molecule is CN(CCNC(=O)c1cc2nccc(Oc3ccc(NC(=S)NC(=O)Cc4ccccc4)cc3F)c2s1)C(=O)OC(C)(C)C. The Labute approximate surface area is 263 Å². The van der Waals surface area contributed by atoms with Crippen molar-refractivity contribution in [3.8, 4) is 11.5 Å². The summed E-state index contributed by atoms with van der Waals surface area (Å²) < 4.78 is 26.7. The highest BCUT2D eigenvalue weighted by molar-refractivity contribution is 7.80. The Morgan fingerprint density at radius 3 is 2.50 bits per heavy atom. The number of hydrogen-bond acceptors (Lipinski definition) is 8. The topological polar surface area (TPSA) is 122 Å². The first-order valence-corrected chi connectivity index (χ1v) is 14.8. The first-order chi connectivity index (χ1) is 20.9. The van der Waals surface area contributed by atoms with Gasteiger partial charge in [-0.3, -0.25) is 14.6 Å². The monoisotopic (exact) mass is 637 g/mol. The number of halogens is 1. The molecule has 4 aromatic rings. The molecule has 0 unspecified atom stereocenters. The van der Waals surface area contributed by atoms with E-state index >= 15 is 4.39 Å². The maximum Gasteiger partial charge on any atom is 0.410 e. The molecule has 0 radical (unpaired) electrons. The van der Waals surface area contributed by atoms with Crippen molar-refractivity contribution >= 4 is 62.5 Å². The van der Waals surface area contributed by atoms with E-state index in [-0.39, 0.29) is 42.2 Å². The van der Waals surface area contributed by atoms with Gasteiger partial charge in [-0.25, -0.2) is 9.18 Å². The van der Waals surface area contributed by atoms with Crippen LogP contribution in [0.2, 0.25) is 0 Å². The van der Waals surface area contributed by atoms with Crippen molar-refractivity contribution < 1.29 is 28.2 Å². The maximum absolute atomic E-state index is 15.0. The summed E-state index contributed by atoms with van der Waals surface area (Å²) in [6.45, 7) is 5.81. The van der Waals surface area contributed by atoms with Gasteiger partial charge in [-0.2, -0.15) is 0 Å². The molecule has 0 atom stereocenters. The number of likely N-dealkylation sites (N-methyl/N-ethyl adjacent to an activating group) is 1. The van der Waals surface area contributed by atoms with Crippen LogP contribution in [0.1, 0.15) is 36.0 Å². The summed E-state index contributed by atoms with van der Waals surface area (Å²) in [6, 6.07) is 16.6. The van der Waals surface area contributed by atoms with Crippen LogP contribution >= 0.6 is 23.6 Å². The Morgan fingerprint density at radius 2 is 1.80 bits per heavy atom. The smallest absolute Gasteiger partial charge is 0.410 e. The number of nitrogens with zero attached hydrogens (tertiary/aromatic N) is 2. The van der Waals surface area contributed by atoms with Crippen LogP contribution in [0.4, 0.5) is 14.9 Å². The van der Waals surface area contributed by atoms with Crippen molar-refractivity contribution in [2.45, 2.75) is 32.8 Å². The highest BCUT2D eigenvalue weighted by atomic mass is 32.1. The Balaban J connectivity index is 1.34. The number of ether oxygens (including phenoxy) is 2. The van der Waals surface area contributed by atoms with E-state index in [2.05, 4.69) is 20.9 Å². The van der Waals surface area contributed by atoms with E-state index in [0.717, 1.165) is 16.9 Å². The second-order valence-corrected chi connectivity index (χ2v) is 12.2. The van der Waals surface area contributed by atoms with Crippen LogP contribution in [0.15, 0.2) is 66.9 Å². The zero-order valence-electron chi connectivity index (χ0n) is 24.6. The normalized spacial score (nSPS) is 11.0. The Morgan fingerprint density at radius 1 is 1.05 bits per heavy atom. The Hall–Kier alpha value is -4.62. The zero-order chi connectivity index (χ0) is 31.9. The lowest BCUT2D eigenvalue weighted by atomic mass is 10.1. The highest BCUT2D eigenvalue weighted by Crippen LogP contribution is 2.36. The number of anilines is 1. The standard InChI is InChI=1S/C31H32FN5O5S2/c1-31(2,3)42-30(40)37(4)15-14-34-28(39)25-18-22-27(44-25)24(12-13-33-22)41-23-11-10-20(17-21(23)32)35-29(43)36-26(38)16-19-8-6-5-7-9-19/h5-13,17-18H,14-16H2,1-4H3,(H,34,39)(H2,35,36,38,43). The summed E-state index contributed by atoms with van der Waals surface area (Å²) >= 11 is 6.35. The Kier molecular flexibility index (Phi) is 10.4. The second-order valence-electron chi connectivity index (χ2n) is 10.7. The van der Waals surface area contributed by atoms with Crippen molar-refractivity contribution in [3.05, 3.63) is 83.1 Å². The lowest BCUT2D eigenvalue weighted by Gasteiger charge is -2.24. The van der Waals surface area contributed by atoms with E-state index in [1.807, 2.05) is 30.3 Å². The fraction of sp³-hybridized carbons (Fsp3) is 0.258. The van der Waals surface area contributed by atoms with Gasteiger partial charge in [0.1, 0.15) is 11.4 Å². The Bertz CT molecular complexity index is 1670. The maximum atomic E-state index is 15.0. The van der Waals surface area contributed by atoms with Gasteiger partial charge in [0.05, 0.1) is 21.5 Å². The number of benzene rings is 2. The number of amides is 3. The lowest BCUT2D eigenvalue weighted by molar-refractivity contribution is -0.119. The molecule has 230 valence electrons. The predicted molar refractivity (Wildman–Crippen MR) is 172 cm³/mol. The molecule has 10 nitrogen and oxygen atoms in total. The molecule has 2 aromatic heterocycles. The van der Waals surface area contributed by atoms with Gasteiger partial charge in [-0.05, 0) is 56.8 Å². The van der Waals surface area contributed by atoms with Crippen molar-refractivity contribution in [2.75, 3.05) is 25.5 Å². The zero-order valence-corrected chi connectivity index (χ0v) is 26.2. The molecule has 0 aliphatic carbocycles. The molecule has 3 amide bonds. The third-order valence-corrected chi connectivity index (χ3v) is 7.25. The summed E-state index contributed by atoms with van der Waals surface area (Å²) in [7, 11) is 1.59. The molecule has 0 saturated carbocycles. The lowest BCUT2D eigenvalue weighted by Crippen LogP contribution is -2.39. The molecule has 44 heavy (non-hydrogen) atoms. The fourth-order valence-corrected chi connectivity index (χ4v) is 5.07. The summed E-state index contributed by atoms with van der Waals surface area (Å²) in [5.41, 5.74) is 1.06. The number of rotatable bonds is 9. The van der Waals surface area contributed by atoms with Gasteiger partial charge in [0.15, 0.2) is 16.7 Å². The van der Waals surface area contributed by atoms with E-state index in [9.17, 15) is 14.4 Å². The molecule has 2 aromatic carbocycles. The van der Waals surface area contributed by atoms with Crippen LogP contribution in [0.3, 0.4) is 0 Å². The van der Waals surface area contributed by atoms with Crippen molar-refractivity contribution in [1.29, 1.82) is 0 Å². The molecule has 0 saturated heterocycles. The number of carbonyl (C=O) groups is 3. The molecule has 0 fully saturated rings. The van der Waals surface area contributed by atoms with E-state index in [0.29, 0.717) is 26.5 Å². The number of hydrogen-bond donors (Lipinski definition) is 3. The molecule has 13 heteroatoms. The summed E-state index contributed by atoms with van der Waals surface area (Å²) in [5, 5.41) is 8.20. The number of aromatic nitrogens is 1. The molecule has 0 aliphatic rings. The van der Waals surface area contributed by atoms with Crippen LogP contribution in [-0.2, 0) is 16.0 Å². The molecule has 4 rings (SSSR count).